The first-order chi connectivity index (χ1) is 12.4. The molecule has 0 fully saturated rings. The SMILES string of the molecule is CNC(=O)Cc1ccc(NC(C)C(=O)Nc2ccc(C(C)=O)cc2)cc1. The molecule has 0 spiro atoms. The van der Waals surface area contributed by atoms with Crippen molar-refractivity contribution in [3.05, 3.63) is 59.7 Å². The van der Waals surface area contributed by atoms with E-state index < -0.39 is 6.04 Å². The number of carbonyl (C=O) groups is 3. The number of ketones is 1. The fourth-order valence-electron chi connectivity index (χ4n) is 2.35. The smallest absolute Gasteiger partial charge is 0.246 e. The van der Waals surface area contributed by atoms with Crippen molar-refractivity contribution in [1.82, 2.24) is 5.32 Å². The van der Waals surface area contributed by atoms with Crippen LogP contribution in [0.3, 0.4) is 0 Å². The highest BCUT2D eigenvalue weighted by Crippen LogP contribution is 2.14. The highest BCUT2D eigenvalue weighted by Gasteiger charge is 2.13. The summed E-state index contributed by atoms with van der Waals surface area (Å²) in [6.45, 7) is 3.26. The molecule has 2 aromatic carbocycles. The van der Waals surface area contributed by atoms with Crippen LogP contribution in [-0.2, 0) is 16.0 Å². The second-order valence-electron chi connectivity index (χ2n) is 6.04. The number of nitrogens with one attached hydrogen (secondary N) is 3. The summed E-state index contributed by atoms with van der Waals surface area (Å²) in [5.74, 6) is -0.248. The van der Waals surface area contributed by atoms with Crippen LogP contribution in [0.4, 0.5) is 11.4 Å². The number of hydrogen-bond acceptors (Lipinski definition) is 4. The summed E-state index contributed by atoms with van der Waals surface area (Å²) in [4.78, 5) is 34.9. The van der Waals surface area contributed by atoms with Crippen molar-refractivity contribution in [1.29, 1.82) is 0 Å². The molecular formula is C20H23N3O3. The Morgan fingerprint density at radius 1 is 0.923 bits per heavy atom. The summed E-state index contributed by atoms with van der Waals surface area (Å²) in [6, 6.07) is 13.7. The summed E-state index contributed by atoms with van der Waals surface area (Å²) in [7, 11) is 1.60. The quantitative estimate of drug-likeness (QED) is 0.668. The molecule has 0 bridgehead atoms. The van der Waals surface area contributed by atoms with Gasteiger partial charge in [0.2, 0.25) is 11.8 Å². The lowest BCUT2D eigenvalue weighted by atomic mass is 10.1. The Morgan fingerprint density at radius 2 is 1.50 bits per heavy atom. The second-order valence-corrected chi connectivity index (χ2v) is 6.04. The average molecular weight is 353 g/mol. The van der Waals surface area contributed by atoms with E-state index in [2.05, 4.69) is 16.0 Å². The molecular weight excluding hydrogens is 330 g/mol. The van der Waals surface area contributed by atoms with Crippen molar-refractivity contribution in [2.45, 2.75) is 26.3 Å². The largest absolute Gasteiger partial charge is 0.374 e. The zero-order valence-electron chi connectivity index (χ0n) is 15.1. The van der Waals surface area contributed by atoms with Crippen LogP contribution >= 0.6 is 0 Å². The lowest BCUT2D eigenvalue weighted by Crippen LogP contribution is -2.31. The van der Waals surface area contributed by atoms with Crippen molar-refractivity contribution >= 4 is 29.0 Å². The van der Waals surface area contributed by atoms with Crippen LogP contribution in [0.5, 0.6) is 0 Å². The third kappa shape index (κ3) is 5.44. The van der Waals surface area contributed by atoms with Gasteiger partial charge in [0.25, 0.3) is 0 Å². The van der Waals surface area contributed by atoms with Gasteiger partial charge in [-0.15, -0.1) is 0 Å². The molecule has 3 N–H and O–H groups in total. The summed E-state index contributed by atoms with van der Waals surface area (Å²) in [5.41, 5.74) is 2.93. The van der Waals surface area contributed by atoms with Crippen LogP contribution in [0.15, 0.2) is 48.5 Å². The number of carbonyl (C=O) groups excluding carboxylic acids is 3. The topological polar surface area (TPSA) is 87.3 Å². The van der Waals surface area contributed by atoms with Gasteiger partial charge in [0.15, 0.2) is 5.78 Å². The fourth-order valence-corrected chi connectivity index (χ4v) is 2.35. The summed E-state index contributed by atoms with van der Waals surface area (Å²) in [6.07, 6.45) is 0.322. The first-order valence-electron chi connectivity index (χ1n) is 8.37. The van der Waals surface area contributed by atoms with E-state index in [4.69, 9.17) is 0 Å². The zero-order chi connectivity index (χ0) is 19.1. The highest BCUT2D eigenvalue weighted by molar-refractivity contribution is 5.97. The minimum atomic E-state index is -0.452. The molecule has 2 aromatic rings. The van der Waals surface area contributed by atoms with Crippen LogP contribution in [0.25, 0.3) is 0 Å². The molecule has 6 nitrogen and oxygen atoms in total. The number of hydrogen-bond donors (Lipinski definition) is 3. The van der Waals surface area contributed by atoms with Gasteiger partial charge in [-0.05, 0) is 55.8 Å². The van der Waals surface area contributed by atoms with Crippen LogP contribution < -0.4 is 16.0 Å². The molecule has 0 aliphatic carbocycles. The fraction of sp³-hybridized carbons (Fsp3) is 0.250. The molecule has 136 valence electrons. The first-order valence-corrected chi connectivity index (χ1v) is 8.37. The maximum Gasteiger partial charge on any atom is 0.246 e. The van der Waals surface area contributed by atoms with E-state index in [1.54, 1.807) is 38.2 Å². The number of Topliss-reactive ketones (excluding diaryl/α,β-unsaturated/α-hetero) is 1. The van der Waals surface area contributed by atoms with Crippen LogP contribution in [0.1, 0.15) is 29.8 Å². The third-order valence-electron chi connectivity index (χ3n) is 3.93. The Labute approximate surface area is 153 Å². The predicted octanol–water partition coefficient (Wildman–Crippen LogP) is 2.62. The van der Waals surface area contributed by atoms with Crippen molar-refractivity contribution in [2.75, 3.05) is 17.7 Å². The molecule has 0 radical (unpaired) electrons. The number of benzene rings is 2. The number of likely N-dealkylation sites (N-methyl/N-ethyl adjacent to an activating group) is 1. The summed E-state index contributed by atoms with van der Waals surface area (Å²) < 4.78 is 0. The van der Waals surface area contributed by atoms with Crippen LogP contribution in [0, 0.1) is 0 Å². The molecule has 26 heavy (non-hydrogen) atoms. The number of anilines is 2. The first kappa shape index (κ1) is 19.2. The van der Waals surface area contributed by atoms with Gasteiger partial charge >= 0.3 is 0 Å². The normalized spacial score (nSPS) is 11.3. The molecule has 1 atom stereocenters. The van der Waals surface area contributed by atoms with Crippen molar-refractivity contribution in [3.8, 4) is 0 Å². The minimum Gasteiger partial charge on any atom is -0.374 e. The number of amides is 2. The molecule has 0 saturated heterocycles. The van der Waals surface area contributed by atoms with Gasteiger partial charge in [0.1, 0.15) is 6.04 Å². The van der Waals surface area contributed by atoms with Gasteiger partial charge in [0, 0.05) is 24.0 Å². The molecule has 0 aliphatic heterocycles. The molecule has 0 heterocycles. The summed E-state index contributed by atoms with van der Waals surface area (Å²) in [5, 5.41) is 8.51. The van der Waals surface area contributed by atoms with E-state index in [9.17, 15) is 14.4 Å². The molecule has 0 aromatic heterocycles. The van der Waals surface area contributed by atoms with Gasteiger partial charge in [-0.2, -0.15) is 0 Å². The molecule has 1 unspecified atom stereocenters. The molecule has 6 heteroatoms. The van der Waals surface area contributed by atoms with Gasteiger partial charge in [0.05, 0.1) is 6.42 Å². The van der Waals surface area contributed by atoms with Crippen molar-refractivity contribution < 1.29 is 14.4 Å². The van der Waals surface area contributed by atoms with E-state index in [0.717, 1.165) is 11.3 Å². The third-order valence-corrected chi connectivity index (χ3v) is 3.93. The van der Waals surface area contributed by atoms with Crippen LogP contribution in [-0.4, -0.2) is 30.7 Å². The highest BCUT2D eigenvalue weighted by atomic mass is 16.2. The maximum absolute atomic E-state index is 12.3. The zero-order valence-corrected chi connectivity index (χ0v) is 15.1. The molecule has 2 amide bonds. The Hall–Kier alpha value is -3.15. The predicted molar refractivity (Wildman–Crippen MR) is 102 cm³/mol. The van der Waals surface area contributed by atoms with Gasteiger partial charge < -0.3 is 16.0 Å². The summed E-state index contributed by atoms with van der Waals surface area (Å²) >= 11 is 0. The van der Waals surface area contributed by atoms with E-state index in [-0.39, 0.29) is 17.6 Å². The Kier molecular flexibility index (Phi) is 6.49. The molecule has 2 rings (SSSR count). The van der Waals surface area contributed by atoms with Crippen molar-refractivity contribution in [3.63, 3.8) is 0 Å². The maximum atomic E-state index is 12.3. The Bertz CT molecular complexity index is 783. The van der Waals surface area contributed by atoms with E-state index in [1.165, 1.54) is 6.92 Å². The lowest BCUT2D eigenvalue weighted by molar-refractivity contribution is -0.120. The van der Waals surface area contributed by atoms with Gasteiger partial charge in [-0.3, -0.25) is 14.4 Å². The molecule has 0 saturated carbocycles. The van der Waals surface area contributed by atoms with Gasteiger partial charge in [-0.25, -0.2) is 0 Å². The van der Waals surface area contributed by atoms with E-state index in [1.807, 2.05) is 24.3 Å². The van der Waals surface area contributed by atoms with E-state index in [0.29, 0.717) is 17.7 Å². The standard InChI is InChI=1S/C20H23N3O3/c1-13(20(26)23-18-10-6-16(7-11-18)14(2)24)22-17-8-4-15(5-9-17)12-19(25)21-3/h4-11,13,22H,12H2,1-3H3,(H,21,25)(H,23,26). The van der Waals surface area contributed by atoms with Crippen LogP contribution in [0.2, 0.25) is 0 Å². The monoisotopic (exact) mass is 353 g/mol. The Morgan fingerprint density at radius 3 is 2.04 bits per heavy atom. The number of rotatable bonds is 7. The molecule has 0 aliphatic rings. The van der Waals surface area contributed by atoms with Crippen molar-refractivity contribution in [2.24, 2.45) is 0 Å². The minimum absolute atomic E-state index is 0.0159. The van der Waals surface area contributed by atoms with E-state index >= 15 is 0 Å². The van der Waals surface area contributed by atoms with Gasteiger partial charge in [-0.1, -0.05) is 12.1 Å². The Balaban J connectivity index is 1.91. The average Bonchev–Trinajstić information content (AvgIpc) is 2.63. The second kappa shape index (κ2) is 8.80. The lowest BCUT2D eigenvalue weighted by Gasteiger charge is -2.16.